The van der Waals surface area contributed by atoms with Crippen molar-refractivity contribution in [1.82, 2.24) is 4.90 Å². The Kier molecular flexibility index (Phi) is 8.29. The summed E-state index contributed by atoms with van der Waals surface area (Å²) in [6.07, 6.45) is 0. The van der Waals surface area contributed by atoms with E-state index >= 15 is 0 Å². The lowest BCUT2D eigenvalue weighted by Crippen LogP contribution is -2.48. The van der Waals surface area contributed by atoms with Gasteiger partial charge >= 0.3 is 11.9 Å². The molecule has 0 unspecified atom stereocenters. The number of nitrogen functional groups attached to an aromatic ring is 1. The van der Waals surface area contributed by atoms with Crippen LogP contribution in [0.25, 0.3) is 0 Å². The molecular weight excluding hydrogens is 412 g/mol. The normalized spacial score (nSPS) is 14.1. The molecule has 0 amide bonds. The first-order valence-corrected chi connectivity index (χ1v) is 10.7. The monoisotopic (exact) mass is 442 g/mol. The Bertz CT molecular complexity index is 928. The van der Waals surface area contributed by atoms with Gasteiger partial charge in [-0.05, 0) is 43.3 Å². The lowest BCUT2D eigenvalue weighted by molar-refractivity contribution is -0.144. The molecule has 1 heterocycles. The van der Waals surface area contributed by atoms with Gasteiger partial charge < -0.3 is 30.5 Å². The van der Waals surface area contributed by atoms with E-state index < -0.39 is 5.97 Å². The summed E-state index contributed by atoms with van der Waals surface area (Å²) in [5.74, 6) is -0.709. The summed E-state index contributed by atoms with van der Waals surface area (Å²) >= 11 is 0. The van der Waals surface area contributed by atoms with Gasteiger partial charge in [0.2, 0.25) is 0 Å². The van der Waals surface area contributed by atoms with Crippen LogP contribution >= 0.6 is 0 Å². The number of anilines is 4. The third-order valence-electron chi connectivity index (χ3n) is 5.13. The van der Waals surface area contributed by atoms with Crippen LogP contribution in [0.1, 0.15) is 17.3 Å². The molecule has 9 nitrogen and oxygen atoms in total. The molecule has 3 rings (SSSR count). The minimum absolute atomic E-state index is 0.0530. The van der Waals surface area contributed by atoms with E-state index in [4.69, 9.17) is 20.3 Å². The van der Waals surface area contributed by atoms with Crippen LogP contribution in [-0.4, -0.2) is 74.5 Å². The Morgan fingerprint density at radius 2 is 1.88 bits per heavy atom. The number of aliphatic hydroxyl groups is 1. The quantitative estimate of drug-likeness (QED) is 0.395. The van der Waals surface area contributed by atoms with Gasteiger partial charge in [0, 0.05) is 37.6 Å². The Balaban J connectivity index is 1.60. The highest BCUT2D eigenvalue weighted by Crippen LogP contribution is 2.27. The SMILES string of the molecule is CCOC(=O)CN1CCN(c2cccc(Nc3ccc(C(=O)OCCO)cc3N)c2)CC1. The van der Waals surface area contributed by atoms with Crippen molar-refractivity contribution in [1.29, 1.82) is 0 Å². The molecule has 0 aliphatic carbocycles. The number of rotatable bonds is 9. The second-order valence-corrected chi connectivity index (χ2v) is 7.41. The van der Waals surface area contributed by atoms with Crippen LogP contribution in [0.5, 0.6) is 0 Å². The lowest BCUT2D eigenvalue weighted by Gasteiger charge is -2.35. The van der Waals surface area contributed by atoms with Crippen molar-refractivity contribution >= 4 is 34.7 Å². The number of nitrogens with zero attached hydrogens (tertiary/aromatic N) is 2. The van der Waals surface area contributed by atoms with Crippen molar-refractivity contribution < 1.29 is 24.2 Å². The van der Waals surface area contributed by atoms with E-state index in [0.717, 1.165) is 37.6 Å². The van der Waals surface area contributed by atoms with Crippen molar-refractivity contribution in [2.45, 2.75) is 6.92 Å². The number of benzene rings is 2. The van der Waals surface area contributed by atoms with Gasteiger partial charge in [-0.1, -0.05) is 6.07 Å². The van der Waals surface area contributed by atoms with Gasteiger partial charge in [-0.25, -0.2) is 4.79 Å². The van der Waals surface area contributed by atoms with Crippen molar-refractivity contribution in [3.8, 4) is 0 Å². The summed E-state index contributed by atoms with van der Waals surface area (Å²) in [6, 6.07) is 12.9. The van der Waals surface area contributed by atoms with Gasteiger partial charge in [-0.2, -0.15) is 0 Å². The topological polar surface area (TPSA) is 117 Å². The van der Waals surface area contributed by atoms with E-state index in [9.17, 15) is 9.59 Å². The number of nitrogens with one attached hydrogen (secondary N) is 1. The number of carbonyl (C=O) groups excluding carboxylic acids is 2. The van der Waals surface area contributed by atoms with Gasteiger partial charge in [0.25, 0.3) is 0 Å². The predicted octanol–water partition coefficient (Wildman–Crippen LogP) is 1.85. The molecule has 0 atom stereocenters. The van der Waals surface area contributed by atoms with Gasteiger partial charge in [-0.3, -0.25) is 9.69 Å². The molecule has 32 heavy (non-hydrogen) atoms. The number of carbonyl (C=O) groups is 2. The number of ether oxygens (including phenoxy) is 2. The zero-order chi connectivity index (χ0) is 22.9. The summed E-state index contributed by atoms with van der Waals surface area (Å²) in [4.78, 5) is 28.0. The van der Waals surface area contributed by atoms with Crippen LogP contribution < -0.4 is 16.0 Å². The van der Waals surface area contributed by atoms with Crippen LogP contribution in [0, 0.1) is 0 Å². The highest BCUT2D eigenvalue weighted by atomic mass is 16.5. The maximum absolute atomic E-state index is 11.9. The standard InChI is InChI=1S/C23H30N4O5/c1-2-31-22(29)16-26-8-10-27(11-9-26)19-5-3-4-18(15-19)25-21-7-6-17(14-20(21)24)23(30)32-13-12-28/h3-7,14-15,25,28H,2,8-13,16,24H2,1H3. The zero-order valence-corrected chi connectivity index (χ0v) is 18.3. The Morgan fingerprint density at radius 1 is 1.09 bits per heavy atom. The molecule has 0 aromatic heterocycles. The van der Waals surface area contributed by atoms with Gasteiger partial charge in [-0.15, -0.1) is 0 Å². The highest BCUT2D eigenvalue weighted by Gasteiger charge is 2.20. The highest BCUT2D eigenvalue weighted by molar-refractivity contribution is 5.92. The predicted molar refractivity (Wildman–Crippen MR) is 123 cm³/mol. The van der Waals surface area contributed by atoms with Gasteiger partial charge in [0.05, 0.1) is 36.7 Å². The zero-order valence-electron chi connectivity index (χ0n) is 18.3. The van der Waals surface area contributed by atoms with E-state index in [0.29, 0.717) is 30.1 Å². The molecule has 2 aromatic rings. The first-order valence-electron chi connectivity index (χ1n) is 10.7. The van der Waals surface area contributed by atoms with E-state index in [1.807, 2.05) is 25.1 Å². The minimum atomic E-state index is -0.526. The third kappa shape index (κ3) is 6.35. The van der Waals surface area contributed by atoms with Gasteiger partial charge in [0.1, 0.15) is 6.61 Å². The summed E-state index contributed by atoms with van der Waals surface area (Å²) in [5.41, 5.74) is 9.50. The summed E-state index contributed by atoms with van der Waals surface area (Å²) in [7, 11) is 0. The molecular formula is C23H30N4O5. The summed E-state index contributed by atoms with van der Waals surface area (Å²) in [5, 5.41) is 12.1. The molecule has 4 N–H and O–H groups in total. The molecule has 172 valence electrons. The largest absolute Gasteiger partial charge is 0.465 e. The molecule has 1 aliphatic rings. The second kappa shape index (κ2) is 11.4. The maximum Gasteiger partial charge on any atom is 0.338 e. The van der Waals surface area contributed by atoms with Crippen molar-refractivity contribution in [2.24, 2.45) is 0 Å². The lowest BCUT2D eigenvalue weighted by atomic mass is 10.1. The van der Waals surface area contributed by atoms with Crippen LogP contribution in [0.3, 0.4) is 0 Å². The molecule has 0 radical (unpaired) electrons. The number of esters is 2. The fourth-order valence-electron chi connectivity index (χ4n) is 3.51. The number of hydrogen-bond acceptors (Lipinski definition) is 9. The summed E-state index contributed by atoms with van der Waals surface area (Å²) < 4.78 is 9.94. The fourth-order valence-corrected chi connectivity index (χ4v) is 3.51. The van der Waals surface area contributed by atoms with Crippen molar-refractivity contribution in [3.63, 3.8) is 0 Å². The molecule has 0 bridgehead atoms. The fraction of sp³-hybridized carbons (Fsp3) is 0.391. The van der Waals surface area contributed by atoms with E-state index in [1.54, 1.807) is 18.2 Å². The van der Waals surface area contributed by atoms with Crippen LogP contribution in [0.2, 0.25) is 0 Å². The number of aliphatic hydroxyl groups excluding tert-OH is 1. The van der Waals surface area contributed by atoms with Gasteiger partial charge in [0.15, 0.2) is 0 Å². The van der Waals surface area contributed by atoms with Crippen LogP contribution in [0.4, 0.5) is 22.7 Å². The second-order valence-electron chi connectivity index (χ2n) is 7.41. The van der Waals surface area contributed by atoms with E-state index in [1.165, 1.54) is 0 Å². The first kappa shape index (κ1) is 23.4. The molecule has 9 heteroatoms. The third-order valence-corrected chi connectivity index (χ3v) is 5.13. The average molecular weight is 443 g/mol. The minimum Gasteiger partial charge on any atom is -0.465 e. The summed E-state index contributed by atoms with van der Waals surface area (Å²) in [6.45, 7) is 5.47. The van der Waals surface area contributed by atoms with Crippen molar-refractivity contribution in [2.75, 3.05) is 68.5 Å². The van der Waals surface area contributed by atoms with E-state index in [2.05, 4.69) is 21.2 Å². The molecule has 0 saturated carbocycles. The van der Waals surface area contributed by atoms with Crippen LogP contribution in [0.15, 0.2) is 42.5 Å². The first-order chi connectivity index (χ1) is 15.5. The average Bonchev–Trinajstić information content (AvgIpc) is 2.79. The smallest absolute Gasteiger partial charge is 0.338 e. The Morgan fingerprint density at radius 3 is 2.56 bits per heavy atom. The molecule has 2 aromatic carbocycles. The molecule has 1 aliphatic heterocycles. The van der Waals surface area contributed by atoms with E-state index in [-0.39, 0.29) is 19.2 Å². The maximum atomic E-state index is 11.9. The number of piperazine rings is 1. The molecule has 1 fully saturated rings. The Labute approximate surface area is 187 Å². The van der Waals surface area contributed by atoms with Crippen LogP contribution in [-0.2, 0) is 14.3 Å². The number of hydrogen-bond donors (Lipinski definition) is 3. The molecule has 1 saturated heterocycles. The Hall–Kier alpha value is -3.30. The molecule has 0 spiro atoms. The number of nitrogens with two attached hydrogens (primary N) is 1. The van der Waals surface area contributed by atoms with Crippen molar-refractivity contribution in [3.05, 3.63) is 48.0 Å².